The first kappa shape index (κ1) is 15.4. The van der Waals surface area contributed by atoms with Gasteiger partial charge in [-0.05, 0) is 18.6 Å². The van der Waals surface area contributed by atoms with Gasteiger partial charge in [-0.1, -0.05) is 18.2 Å². The third-order valence-electron chi connectivity index (χ3n) is 2.14. The van der Waals surface area contributed by atoms with Gasteiger partial charge in [0.15, 0.2) is 0 Å². The van der Waals surface area contributed by atoms with Crippen molar-refractivity contribution >= 4 is 21.7 Å². The molecule has 19 heavy (non-hydrogen) atoms. The fourth-order valence-corrected chi connectivity index (χ4v) is 1.82. The maximum absolute atomic E-state index is 10.8. The van der Waals surface area contributed by atoms with E-state index in [2.05, 4.69) is 20.5 Å². The lowest BCUT2D eigenvalue weighted by atomic mass is 10.3. The largest absolute Gasteiger partial charge is 0.325 e. The first-order valence-corrected chi connectivity index (χ1v) is 7.68. The number of nitrogens with two attached hydrogens (primary N) is 1. The smallest absolute Gasteiger partial charge is 0.210 e. The Bertz CT molecular complexity index is 501. The van der Waals surface area contributed by atoms with Gasteiger partial charge in [0.05, 0.1) is 6.26 Å². The molecule has 1 rings (SSSR count). The SMILES string of the molecule is CS(=O)(=O)NCCCN=C(NN)Nc1ccccc1. The molecule has 0 saturated carbocycles. The average molecular weight is 285 g/mol. The summed E-state index contributed by atoms with van der Waals surface area (Å²) in [5.41, 5.74) is 3.33. The van der Waals surface area contributed by atoms with Gasteiger partial charge in [0.25, 0.3) is 0 Å². The predicted molar refractivity (Wildman–Crippen MR) is 77.2 cm³/mol. The van der Waals surface area contributed by atoms with Crippen molar-refractivity contribution in [1.82, 2.24) is 10.1 Å². The maximum atomic E-state index is 10.8. The van der Waals surface area contributed by atoms with Crippen LogP contribution in [-0.2, 0) is 10.0 Å². The van der Waals surface area contributed by atoms with E-state index in [9.17, 15) is 8.42 Å². The second kappa shape index (κ2) is 7.72. The minimum atomic E-state index is -3.13. The molecule has 0 atom stereocenters. The number of nitrogens with zero attached hydrogens (tertiary/aromatic N) is 1. The lowest BCUT2D eigenvalue weighted by Gasteiger charge is -2.08. The summed E-state index contributed by atoms with van der Waals surface area (Å²) in [6.07, 6.45) is 1.72. The topological polar surface area (TPSA) is 109 Å². The number of guanidine groups is 1. The Morgan fingerprint density at radius 2 is 2.00 bits per heavy atom. The molecule has 0 fully saturated rings. The average Bonchev–Trinajstić information content (AvgIpc) is 2.37. The minimum Gasteiger partial charge on any atom is -0.325 e. The molecule has 0 saturated heterocycles. The fourth-order valence-electron chi connectivity index (χ4n) is 1.31. The number of hydrazine groups is 1. The molecular formula is C11H19N5O2S. The molecule has 8 heteroatoms. The molecule has 0 heterocycles. The zero-order chi connectivity index (χ0) is 14.1. The molecule has 0 amide bonds. The van der Waals surface area contributed by atoms with E-state index in [1.165, 1.54) is 0 Å². The van der Waals surface area contributed by atoms with Crippen molar-refractivity contribution in [2.24, 2.45) is 10.8 Å². The van der Waals surface area contributed by atoms with Gasteiger partial charge in [-0.2, -0.15) is 0 Å². The molecule has 0 bridgehead atoms. The molecule has 1 aromatic carbocycles. The Kier molecular flexibility index (Phi) is 6.26. The highest BCUT2D eigenvalue weighted by atomic mass is 32.2. The lowest BCUT2D eigenvalue weighted by Crippen LogP contribution is -2.36. The number of benzene rings is 1. The molecule has 7 nitrogen and oxygen atoms in total. The Hall–Kier alpha value is -1.64. The van der Waals surface area contributed by atoms with Crippen LogP contribution in [0.15, 0.2) is 35.3 Å². The van der Waals surface area contributed by atoms with Gasteiger partial charge < -0.3 is 5.32 Å². The molecular weight excluding hydrogens is 266 g/mol. The van der Waals surface area contributed by atoms with Crippen LogP contribution >= 0.6 is 0 Å². The molecule has 0 unspecified atom stereocenters. The summed E-state index contributed by atoms with van der Waals surface area (Å²) in [5.74, 6) is 5.79. The molecule has 1 aromatic rings. The number of para-hydroxylation sites is 1. The number of rotatable bonds is 6. The number of anilines is 1. The van der Waals surface area contributed by atoms with Crippen LogP contribution in [-0.4, -0.2) is 33.7 Å². The lowest BCUT2D eigenvalue weighted by molar-refractivity contribution is 0.586. The summed E-state index contributed by atoms with van der Waals surface area (Å²) in [4.78, 5) is 4.19. The predicted octanol–water partition coefficient (Wildman–Crippen LogP) is -0.143. The van der Waals surface area contributed by atoms with Crippen molar-refractivity contribution in [2.75, 3.05) is 24.7 Å². The Morgan fingerprint density at radius 1 is 1.32 bits per heavy atom. The maximum Gasteiger partial charge on any atom is 0.210 e. The highest BCUT2D eigenvalue weighted by molar-refractivity contribution is 7.88. The normalized spacial score (nSPS) is 12.2. The number of aliphatic imine (C=N–C) groups is 1. The Morgan fingerprint density at radius 3 is 2.58 bits per heavy atom. The van der Waals surface area contributed by atoms with Gasteiger partial charge in [0, 0.05) is 18.8 Å². The van der Waals surface area contributed by atoms with Crippen LogP contribution < -0.4 is 21.3 Å². The van der Waals surface area contributed by atoms with Crippen molar-refractivity contribution in [3.8, 4) is 0 Å². The number of hydrogen-bond acceptors (Lipinski definition) is 4. The standard InChI is InChI=1S/C11H19N5O2S/c1-19(17,18)14-9-5-8-13-11(16-12)15-10-6-3-2-4-7-10/h2-4,6-7,14H,5,8-9,12H2,1H3,(H2,13,15,16). The van der Waals surface area contributed by atoms with E-state index >= 15 is 0 Å². The van der Waals surface area contributed by atoms with Gasteiger partial charge in [-0.25, -0.2) is 19.0 Å². The molecule has 0 spiro atoms. The number of nitrogens with one attached hydrogen (secondary N) is 3. The summed E-state index contributed by atoms with van der Waals surface area (Å²) in [6.45, 7) is 0.813. The summed E-state index contributed by atoms with van der Waals surface area (Å²) in [7, 11) is -3.13. The number of hydrogen-bond donors (Lipinski definition) is 4. The molecule has 0 aliphatic heterocycles. The van der Waals surface area contributed by atoms with E-state index in [-0.39, 0.29) is 0 Å². The van der Waals surface area contributed by atoms with Crippen LogP contribution in [0.25, 0.3) is 0 Å². The van der Waals surface area contributed by atoms with Crippen LogP contribution in [0.5, 0.6) is 0 Å². The van der Waals surface area contributed by atoms with Gasteiger partial charge in [0.2, 0.25) is 16.0 Å². The second-order valence-electron chi connectivity index (χ2n) is 3.89. The first-order valence-electron chi connectivity index (χ1n) is 5.79. The van der Waals surface area contributed by atoms with E-state index in [1.807, 2.05) is 30.3 Å². The second-order valence-corrected chi connectivity index (χ2v) is 5.72. The van der Waals surface area contributed by atoms with Crippen molar-refractivity contribution in [3.63, 3.8) is 0 Å². The van der Waals surface area contributed by atoms with Crippen molar-refractivity contribution < 1.29 is 8.42 Å². The van der Waals surface area contributed by atoms with E-state index in [4.69, 9.17) is 5.84 Å². The van der Waals surface area contributed by atoms with Gasteiger partial charge in [0.1, 0.15) is 0 Å². The molecule has 0 aliphatic rings. The van der Waals surface area contributed by atoms with Crippen LogP contribution in [0, 0.1) is 0 Å². The number of sulfonamides is 1. The Labute approximate surface area is 113 Å². The zero-order valence-corrected chi connectivity index (χ0v) is 11.6. The monoisotopic (exact) mass is 285 g/mol. The molecule has 0 aromatic heterocycles. The molecule has 5 N–H and O–H groups in total. The third-order valence-corrected chi connectivity index (χ3v) is 2.87. The van der Waals surface area contributed by atoms with E-state index < -0.39 is 10.0 Å². The van der Waals surface area contributed by atoms with Gasteiger partial charge >= 0.3 is 0 Å². The fraction of sp³-hybridized carbons (Fsp3) is 0.364. The summed E-state index contributed by atoms with van der Waals surface area (Å²) in [5, 5.41) is 3.01. The zero-order valence-electron chi connectivity index (χ0n) is 10.8. The van der Waals surface area contributed by atoms with E-state index in [1.54, 1.807) is 0 Å². The Balaban J connectivity index is 2.36. The highest BCUT2D eigenvalue weighted by Crippen LogP contribution is 2.04. The minimum absolute atomic E-state index is 0.353. The van der Waals surface area contributed by atoms with E-state index in [0.29, 0.717) is 25.5 Å². The van der Waals surface area contributed by atoms with Crippen molar-refractivity contribution in [1.29, 1.82) is 0 Å². The van der Waals surface area contributed by atoms with Crippen molar-refractivity contribution in [2.45, 2.75) is 6.42 Å². The van der Waals surface area contributed by atoms with Gasteiger partial charge in [-0.15, -0.1) is 0 Å². The van der Waals surface area contributed by atoms with Crippen LogP contribution in [0.2, 0.25) is 0 Å². The van der Waals surface area contributed by atoms with Crippen LogP contribution in [0.1, 0.15) is 6.42 Å². The molecule has 106 valence electrons. The highest BCUT2D eigenvalue weighted by Gasteiger charge is 1.99. The van der Waals surface area contributed by atoms with Crippen LogP contribution in [0.3, 0.4) is 0 Å². The van der Waals surface area contributed by atoms with Crippen LogP contribution in [0.4, 0.5) is 5.69 Å². The molecule has 0 radical (unpaired) electrons. The summed E-state index contributed by atoms with van der Waals surface area (Å²) in [6, 6.07) is 9.48. The quantitative estimate of drug-likeness (QED) is 0.191. The first-order chi connectivity index (χ1) is 9.01. The molecule has 0 aliphatic carbocycles. The summed E-state index contributed by atoms with van der Waals surface area (Å²) < 4.78 is 24.1. The van der Waals surface area contributed by atoms with Gasteiger partial charge in [-0.3, -0.25) is 10.4 Å². The van der Waals surface area contributed by atoms with E-state index in [0.717, 1.165) is 11.9 Å². The third kappa shape index (κ3) is 7.39. The van der Waals surface area contributed by atoms with Crippen molar-refractivity contribution in [3.05, 3.63) is 30.3 Å². The summed E-state index contributed by atoms with van der Waals surface area (Å²) >= 11 is 0.